The molecule has 1 aromatic carbocycles. The van der Waals surface area contributed by atoms with E-state index in [0.717, 1.165) is 19.8 Å². The van der Waals surface area contributed by atoms with Gasteiger partial charge in [-0.15, -0.1) is 0 Å². The first-order valence-corrected chi connectivity index (χ1v) is 7.57. The number of hydrogen-bond acceptors (Lipinski definition) is 6. The predicted molar refractivity (Wildman–Crippen MR) is 90.2 cm³/mol. The van der Waals surface area contributed by atoms with Crippen molar-refractivity contribution in [3.05, 3.63) is 57.4 Å². The van der Waals surface area contributed by atoms with E-state index in [9.17, 15) is 19.8 Å². The van der Waals surface area contributed by atoms with E-state index in [-0.39, 0.29) is 11.3 Å². The van der Waals surface area contributed by atoms with E-state index in [0.29, 0.717) is 6.54 Å². The average Bonchev–Trinajstić information content (AvgIpc) is 2.51. The molecule has 0 aliphatic heterocycles. The molecule has 0 unspecified atom stereocenters. The first kappa shape index (κ1) is 17.5. The van der Waals surface area contributed by atoms with Gasteiger partial charge in [0.1, 0.15) is 16.9 Å². The third-order valence-electron chi connectivity index (χ3n) is 3.61. The molecule has 0 spiro atoms. The minimum Gasteiger partial charge on any atom is -0.506 e. The topological polar surface area (TPSA) is 100 Å². The molecule has 0 fully saturated rings. The summed E-state index contributed by atoms with van der Waals surface area (Å²) >= 11 is 0. The van der Waals surface area contributed by atoms with Crippen molar-refractivity contribution < 1.29 is 19.4 Å². The van der Waals surface area contributed by atoms with Gasteiger partial charge in [-0.05, 0) is 32.3 Å². The second-order valence-electron chi connectivity index (χ2n) is 5.41. The number of Topliss-reactive ketones (excluding diaryl/α,β-unsaturated/α-hetero) is 1. The van der Waals surface area contributed by atoms with Gasteiger partial charge in [-0.1, -0.05) is 30.3 Å². The first-order valence-electron chi connectivity index (χ1n) is 7.57. The van der Waals surface area contributed by atoms with E-state index < -0.39 is 28.7 Å². The minimum absolute atomic E-state index is 0.197. The van der Waals surface area contributed by atoms with E-state index in [4.69, 9.17) is 0 Å². The third-order valence-corrected chi connectivity index (χ3v) is 3.61. The highest BCUT2D eigenvalue weighted by Crippen LogP contribution is 2.28. The van der Waals surface area contributed by atoms with Gasteiger partial charge >= 0.3 is 5.63 Å². The Labute approximate surface area is 139 Å². The van der Waals surface area contributed by atoms with E-state index in [1.165, 1.54) is 5.56 Å². The molecule has 2 rings (SSSR count). The van der Waals surface area contributed by atoms with Crippen molar-refractivity contribution in [1.82, 2.24) is 0 Å². The predicted octanol–water partition coefficient (Wildman–Crippen LogP) is 2.70. The third kappa shape index (κ3) is 3.90. The van der Waals surface area contributed by atoms with E-state index in [1.807, 2.05) is 30.3 Å². The SMILES string of the molecule is CC(=O)c1c(O)oc(=O)c(C(C)=NCCCc2ccccc2)c1O. The lowest BCUT2D eigenvalue weighted by atomic mass is 10.1. The standard InChI is InChI=1S/C18H19NO5/c1-11(19-10-6-9-13-7-4-3-5-8-13)14-16(21)15(12(2)20)18(23)24-17(14)22/h3-5,7-8,21,23H,6,9-10H2,1-2H3. The average molecular weight is 329 g/mol. The second-order valence-corrected chi connectivity index (χ2v) is 5.41. The lowest BCUT2D eigenvalue weighted by Gasteiger charge is -2.07. The Bertz CT molecular complexity index is 821. The van der Waals surface area contributed by atoms with Crippen LogP contribution in [0.1, 0.15) is 41.8 Å². The van der Waals surface area contributed by atoms with Crippen molar-refractivity contribution in [2.75, 3.05) is 6.54 Å². The molecule has 1 heterocycles. The Hall–Kier alpha value is -2.89. The Morgan fingerprint density at radius 3 is 2.42 bits per heavy atom. The fourth-order valence-corrected chi connectivity index (χ4v) is 2.40. The number of aromatic hydroxyl groups is 2. The Morgan fingerprint density at radius 1 is 1.12 bits per heavy atom. The smallest absolute Gasteiger partial charge is 0.351 e. The minimum atomic E-state index is -0.931. The summed E-state index contributed by atoms with van der Waals surface area (Å²) in [7, 11) is 0. The maximum absolute atomic E-state index is 11.9. The number of carbonyl (C=O) groups excluding carboxylic acids is 1. The van der Waals surface area contributed by atoms with Gasteiger partial charge in [-0.3, -0.25) is 9.79 Å². The summed E-state index contributed by atoms with van der Waals surface area (Å²) in [5.41, 5.74) is -0.0894. The molecule has 126 valence electrons. The lowest BCUT2D eigenvalue weighted by Crippen LogP contribution is -2.15. The highest BCUT2D eigenvalue weighted by atomic mass is 16.5. The van der Waals surface area contributed by atoms with Crippen molar-refractivity contribution in [2.45, 2.75) is 26.7 Å². The van der Waals surface area contributed by atoms with E-state index in [2.05, 4.69) is 9.41 Å². The van der Waals surface area contributed by atoms with E-state index >= 15 is 0 Å². The molecule has 0 aliphatic carbocycles. The maximum atomic E-state index is 11.9. The van der Waals surface area contributed by atoms with Crippen LogP contribution < -0.4 is 5.63 Å². The molecule has 0 aliphatic rings. The highest BCUT2D eigenvalue weighted by molar-refractivity contribution is 6.06. The molecule has 0 amide bonds. The molecule has 1 aromatic heterocycles. The van der Waals surface area contributed by atoms with Gasteiger partial charge in [-0.25, -0.2) is 4.79 Å². The number of benzene rings is 1. The molecule has 0 radical (unpaired) electrons. The molecule has 6 heteroatoms. The van der Waals surface area contributed by atoms with Gasteiger partial charge in [0, 0.05) is 6.54 Å². The van der Waals surface area contributed by atoms with Crippen LogP contribution in [0.3, 0.4) is 0 Å². The molecule has 24 heavy (non-hydrogen) atoms. The molecule has 6 nitrogen and oxygen atoms in total. The summed E-state index contributed by atoms with van der Waals surface area (Å²) < 4.78 is 4.62. The summed E-state index contributed by atoms with van der Waals surface area (Å²) in [6.45, 7) is 3.16. The van der Waals surface area contributed by atoms with Crippen LogP contribution in [-0.2, 0) is 6.42 Å². The summed E-state index contributed by atoms with van der Waals surface area (Å²) in [4.78, 5) is 27.6. The number of hydrogen-bond donors (Lipinski definition) is 2. The Balaban J connectivity index is 2.17. The van der Waals surface area contributed by atoms with Crippen LogP contribution >= 0.6 is 0 Å². The molecule has 2 aromatic rings. The number of nitrogens with zero attached hydrogens (tertiary/aromatic N) is 1. The van der Waals surface area contributed by atoms with Gasteiger partial charge in [0.2, 0.25) is 0 Å². The molecular formula is C18H19NO5. The van der Waals surface area contributed by atoms with Gasteiger partial charge in [0.15, 0.2) is 5.78 Å². The van der Waals surface area contributed by atoms with Gasteiger partial charge in [0.25, 0.3) is 5.95 Å². The zero-order chi connectivity index (χ0) is 17.7. The highest BCUT2D eigenvalue weighted by Gasteiger charge is 2.23. The monoisotopic (exact) mass is 329 g/mol. The first-order chi connectivity index (χ1) is 11.4. The van der Waals surface area contributed by atoms with Crippen LogP contribution in [0.15, 0.2) is 44.5 Å². The molecular weight excluding hydrogens is 310 g/mol. The lowest BCUT2D eigenvalue weighted by molar-refractivity contribution is 0.100. The molecule has 0 saturated carbocycles. The van der Waals surface area contributed by atoms with Gasteiger partial charge in [0.05, 0.1) is 5.71 Å². The number of carbonyl (C=O) groups is 1. The van der Waals surface area contributed by atoms with Crippen molar-refractivity contribution in [2.24, 2.45) is 4.99 Å². The summed E-state index contributed by atoms with van der Waals surface area (Å²) in [5.74, 6) is -2.09. The zero-order valence-electron chi connectivity index (χ0n) is 13.6. The van der Waals surface area contributed by atoms with E-state index in [1.54, 1.807) is 6.92 Å². The van der Waals surface area contributed by atoms with Crippen LogP contribution in [0, 0.1) is 0 Å². The van der Waals surface area contributed by atoms with Crippen molar-refractivity contribution >= 4 is 11.5 Å². The summed E-state index contributed by atoms with van der Waals surface area (Å²) in [6, 6.07) is 9.93. The Morgan fingerprint density at radius 2 is 1.79 bits per heavy atom. The summed E-state index contributed by atoms with van der Waals surface area (Å²) in [5, 5.41) is 19.6. The van der Waals surface area contributed by atoms with Crippen LogP contribution in [0.2, 0.25) is 0 Å². The van der Waals surface area contributed by atoms with Gasteiger partial charge in [-0.2, -0.15) is 0 Å². The summed E-state index contributed by atoms with van der Waals surface area (Å²) in [6.07, 6.45) is 1.61. The fourth-order valence-electron chi connectivity index (χ4n) is 2.40. The van der Waals surface area contributed by atoms with Crippen LogP contribution in [0.5, 0.6) is 11.7 Å². The fraction of sp³-hybridized carbons (Fsp3) is 0.278. The van der Waals surface area contributed by atoms with Crippen molar-refractivity contribution in [3.63, 3.8) is 0 Å². The zero-order valence-corrected chi connectivity index (χ0v) is 13.6. The van der Waals surface area contributed by atoms with Crippen LogP contribution in [0.25, 0.3) is 0 Å². The molecule has 2 N–H and O–H groups in total. The van der Waals surface area contributed by atoms with Crippen molar-refractivity contribution in [3.8, 4) is 11.7 Å². The largest absolute Gasteiger partial charge is 0.506 e. The van der Waals surface area contributed by atoms with Crippen LogP contribution in [-0.4, -0.2) is 28.3 Å². The Kier molecular flexibility index (Phi) is 5.52. The van der Waals surface area contributed by atoms with Gasteiger partial charge < -0.3 is 14.6 Å². The normalized spacial score (nSPS) is 11.5. The quantitative estimate of drug-likeness (QED) is 0.482. The number of aryl methyl sites for hydroxylation is 1. The van der Waals surface area contributed by atoms with Crippen LogP contribution in [0.4, 0.5) is 0 Å². The second kappa shape index (κ2) is 7.59. The maximum Gasteiger partial charge on any atom is 0.351 e. The molecule has 0 atom stereocenters. The number of rotatable bonds is 6. The van der Waals surface area contributed by atoms with Crippen molar-refractivity contribution in [1.29, 1.82) is 0 Å². The molecule has 0 bridgehead atoms. The molecule has 0 saturated heterocycles. The number of aliphatic imine (C=N–C) groups is 1. The number of ketones is 1.